The van der Waals surface area contributed by atoms with E-state index in [-0.39, 0.29) is 12.0 Å². The van der Waals surface area contributed by atoms with Crippen molar-refractivity contribution in [3.8, 4) is 6.07 Å². The van der Waals surface area contributed by atoms with Gasteiger partial charge < -0.3 is 5.11 Å². The number of aliphatic hydroxyl groups is 1. The van der Waals surface area contributed by atoms with Gasteiger partial charge in [-0.1, -0.05) is 0 Å². The number of rotatable bonds is 2. The molecule has 1 aromatic carbocycles. The zero-order valence-electron chi connectivity index (χ0n) is 12.6. The highest BCUT2D eigenvalue weighted by atomic mass is 32.2. The molecule has 4 rings (SSSR count). The first-order valence-corrected chi connectivity index (χ1v) is 9.79. The Morgan fingerprint density at radius 3 is 2.83 bits per heavy atom. The smallest absolute Gasteiger partial charge is 0.252 e. The zero-order valence-corrected chi connectivity index (χ0v) is 14.2. The van der Waals surface area contributed by atoms with Crippen LogP contribution in [0.2, 0.25) is 0 Å². The van der Waals surface area contributed by atoms with Gasteiger partial charge in [0.05, 0.1) is 17.7 Å². The van der Waals surface area contributed by atoms with Gasteiger partial charge in [-0.3, -0.25) is 0 Å². The molecule has 1 aliphatic carbocycles. The molecule has 23 heavy (non-hydrogen) atoms. The Morgan fingerprint density at radius 2 is 2.17 bits per heavy atom. The van der Waals surface area contributed by atoms with Crippen LogP contribution in [-0.2, 0) is 10.0 Å². The first-order valence-electron chi connectivity index (χ1n) is 7.53. The summed E-state index contributed by atoms with van der Waals surface area (Å²) in [6.07, 6.45) is 0.343. The molecule has 1 saturated heterocycles. The summed E-state index contributed by atoms with van der Waals surface area (Å²) >= 11 is 1.26. The normalized spacial score (nSPS) is 27.6. The van der Waals surface area contributed by atoms with Crippen LogP contribution in [0.25, 0.3) is 10.1 Å². The second kappa shape index (κ2) is 5.02. The second-order valence-corrected chi connectivity index (χ2v) is 9.57. The Morgan fingerprint density at radius 1 is 1.39 bits per heavy atom. The molecule has 2 fully saturated rings. The Labute approximate surface area is 138 Å². The maximum atomic E-state index is 13.0. The third-order valence-corrected chi connectivity index (χ3v) is 8.79. The predicted octanol–water partition coefficient (Wildman–Crippen LogP) is 2.08. The first-order chi connectivity index (χ1) is 10.9. The lowest BCUT2D eigenvalue weighted by molar-refractivity contribution is -0.00416. The fourth-order valence-electron chi connectivity index (χ4n) is 3.66. The molecular formula is C16H16N2O3S2. The standard InChI is InChI=1S/C16H16N2O3S2/c1-9-12-4-10(6-17)2-3-15(12)22-16(9)23(20,21)18-7-11-5-14(19)13(11)8-18/h2-4,11,13-14,19H,5,7-8H2,1H3/t11-,13+,14-/m1/s1. The van der Waals surface area contributed by atoms with Crippen LogP contribution in [0.5, 0.6) is 0 Å². The maximum absolute atomic E-state index is 13.0. The number of nitrogens with zero attached hydrogens (tertiary/aromatic N) is 2. The van der Waals surface area contributed by atoms with E-state index in [1.54, 1.807) is 19.1 Å². The lowest BCUT2D eigenvalue weighted by Crippen LogP contribution is -2.39. The van der Waals surface area contributed by atoms with Crippen LogP contribution in [0.3, 0.4) is 0 Å². The van der Waals surface area contributed by atoms with Crippen LogP contribution in [0.1, 0.15) is 17.5 Å². The van der Waals surface area contributed by atoms with Gasteiger partial charge in [0, 0.05) is 23.7 Å². The van der Waals surface area contributed by atoms with Crippen molar-refractivity contribution in [2.24, 2.45) is 11.8 Å². The zero-order chi connectivity index (χ0) is 16.4. The largest absolute Gasteiger partial charge is 0.393 e. The quantitative estimate of drug-likeness (QED) is 0.901. The molecule has 0 spiro atoms. The summed E-state index contributed by atoms with van der Waals surface area (Å²) in [7, 11) is -3.54. The molecule has 3 atom stereocenters. The lowest BCUT2D eigenvalue weighted by atomic mass is 9.74. The van der Waals surface area contributed by atoms with Crippen LogP contribution in [0.4, 0.5) is 0 Å². The fraction of sp³-hybridized carbons (Fsp3) is 0.438. The van der Waals surface area contributed by atoms with Crippen LogP contribution in [0, 0.1) is 30.1 Å². The van der Waals surface area contributed by atoms with E-state index in [4.69, 9.17) is 5.26 Å². The summed E-state index contributed by atoms with van der Waals surface area (Å²) in [6.45, 7) is 2.71. The molecule has 0 radical (unpaired) electrons. The molecule has 2 heterocycles. The minimum atomic E-state index is -3.54. The third-order valence-electron chi connectivity index (χ3n) is 5.09. The Kier molecular flexibility index (Phi) is 3.29. The van der Waals surface area contributed by atoms with Gasteiger partial charge in [-0.2, -0.15) is 9.57 Å². The summed E-state index contributed by atoms with van der Waals surface area (Å²) in [5, 5.41) is 19.6. The van der Waals surface area contributed by atoms with Crippen LogP contribution >= 0.6 is 11.3 Å². The molecule has 7 heteroatoms. The van der Waals surface area contributed by atoms with E-state index in [1.165, 1.54) is 15.6 Å². The number of hydrogen-bond donors (Lipinski definition) is 1. The molecule has 1 aliphatic heterocycles. The molecule has 1 saturated carbocycles. The molecule has 120 valence electrons. The van der Waals surface area contributed by atoms with Gasteiger partial charge in [0.25, 0.3) is 10.0 Å². The van der Waals surface area contributed by atoms with E-state index in [0.29, 0.717) is 40.8 Å². The van der Waals surface area contributed by atoms with Gasteiger partial charge in [-0.05, 0) is 48.4 Å². The second-order valence-electron chi connectivity index (χ2n) is 6.39. The van der Waals surface area contributed by atoms with E-state index < -0.39 is 10.0 Å². The van der Waals surface area contributed by atoms with E-state index in [9.17, 15) is 13.5 Å². The number of thiophene rings is 1. The number of nitriles is 1. The molecule has 1 N–H and O–H groups in total. The molecule has 2 aromatic rings. The average Bonchev–Trinajstić information content (AvgIpc) is 3.05. The van der Waals surface area contributed by atoms with Crippen molar-refractivity contribution in [1.82, 2.24) is 4.31 Å². The number of fused-ring (bicyclic) bond motifs is 2. The molecule has 1 aromatic heterocycles. The van der Waals surface area contributed by atoms with Gasteiger partial charge in [0.1, 0.15) is 4.21 Å². The molecule has 0 bridgehead atoms. The fourth-order valence-corrected chi connectivity index (χ4v) is 7.07. The highest BCUT2D eigenvalue weighted by molar-refractivity contribution is 7.91. The van der Waals surface area contributed by atoms with Crippen molar-refractivity contribution in [2.45, 2.75) is 23.7 Å². The van der Waals surface area contributed by atoms with Gasteiger partial charge in [-0.15, -0.1) is 11.3 Å². The number of aliphatic hydroxyl groups excluding tert-OH is 1. The molecule has 0 unspecified atom stereocenters. The van der Waals surface area contributed by atoms with Crippen molar-refractivity contribution in [3.63, 3.8) is 0 Å². The van der Waals surface area contributed by atoms with Crippen molar-refractivity contribution >= 4 is 31.4 Å². The number of aryl methyl sites for hydroxylation is 1. The van der Waals surface area contributed by atoms with E-state index in [2.05, 4.69) is 6.07 Å². The van der Waals surface area contributed by atoms with Crippen LogP contribution in [-0.4, -0.2) is 37.0 Å². The lowest BCUT2D eigenvalue weighted by Gasteiger charge is -2.34. The average molecular weight is 348 g/mol. The summed E-state index contributed by atoms with van der Waals surface area (Å²) in [4.78, 5) is 0. The van der Waals surface area contributed by atoms with Crippen molar-refractivity contribution in [3.05, 3.63) is 29.3 Å². The van der Waals surface area contributed by atoms with Crippen LogP contribution in [0.15, 0.2) is 22.4 Å². The monoisotopic (exact) mass is 348 g/mol. The molecule has 5 nitrogen and oxygen atoms in total. The van der Waals surface area contributed by atoms with Gasteiger partial charge >= 0.3 is 0 Å². The summed E-state index contributed by atoms with van der Waals surface area (Å²) < 4.78 is 28.7. The van der Waals surface area contributed by atoms with E-state index >= 15 is 0 Å². The Balaban J connectivity index is 1.76. The van der Waals surface area contributed by atoms with Crippen molar-refractivity contribution in [1.29, 1.82) is 5.26 Å². The Bertz CT molecular complexity index is 942. The third kappa shape index (κ3) is 2.13. The Hall–Kier alpha value is -1.46. The number of hydrogen-bond acceptors (Lipinski definition) is 5. The van der Waals surface area contributed by atoms with Gasteiger partial charge in [0.2, 0.25) is 0 Å². The minimum Gasteiger partial charge on any atom is -0.393 e. The topological polar surface area (TPSA) is 81.4 Å². The number of benzene rings is 1. The summed E-state index contributed by atoms with van der Waals surface area (Å²) in [5.41, 5.74) is 1.24. The van der Waals surface area contributed by atoms with E-state index in [1.807, 2.05) is 6.07 Å². The first kappa shape index (κ1) is 15.1. The van der Waals surface area contributed by atoms with Crippen molar-refractivity contribution < 1.29 is 13.5 Å². The van der Waals surface area contributed by atoms with Crippen molar-refractivity contribution in [2.75, 3.05) is 13.1 Å². The SMILES string of the molecule is Cc1c(S(=O)(=O)N2C[C@H]3C[C@@H](O)[C@H]3C2)sc2ccc(C#N)cc12. The maximum Gasteiger partial charge on any atom is 0.252 e. The molecule has 0 amide bonds. The van der Waals surface area contributed by atoms with Gasteiger partial charge in [-0.25, -0.2) is 8.42 Å². The van der Waals surface area contributed by atoms with E-state index in [0.717, 1.165) is 10.1 Å². The molecule has 2 aliphatic rings. The highest BCUT2D eigenvalue weighted by Crippen LogP contribution is 2.44. The highest BCUT2D eigenvalue weighted by Gasteiger charge is 2.50. The molecular weight excluding hydrogens is 332 g/mol. The summed E-state index contributed by atoms with van der Waals surface area (Å²) in [5.74, 6) is 0.379. The minimum absolute atomic E-state index is 0.0876. The predicted molar refractivity (Wildman–Crippen MR) is 87.6 cm³/mol. The number of sulfonamides is 1. The summed E-state index contributed by atoms with van der Waals surface area (Å²) in [6, 6.07) is 7.36. The van der Waals surface area contributed by atoms with Crippen LogP contribution < -0.4 is 0 Å². The van der Waals surface area contributed by atoms with Gasteiger partial charge in [0.15, 0.2) is 0 Å².